The monoisotopic (exact) mass is 332 g/mol. The van der Waals surface area contributed by atoms with Crippen LogP contribution in [0.4, 0.5) is 4.79 Å². The Bertz CT molecular complexity index is 498. The first-order valence-electron chi connectivity index (χ1n) is 8.10. The molecule has 7 heteroatoms. The van der Waals surface area contributed by atoms with Gasteiger partial charge in [-0.2, -0.15) is 0 Å². The topological polar surface area (TPSA) is 75.7 Å². The van der Waals surface area contributed by atoms with Crippen LogP contribution in [0.15, 0.2) is 0 Å². The summed E-state index contributed by atoms with van der Waals surface area (Å²) >= 11 is 0. The zero-order valence-electron chi connectivity index (χ0n) is 13.8. The average molecular weight is 332 g/mol. The van der Waals surface area contributed by atoms with Crippen LogP contribution in [0, 0.1) is 0 Å². The number of ether oxygens (including phenoxy) is 1. The first kappa shape index (κ1) is 17.5. The van der Waals surface area contributed by atoms with E-state index < -0.39 is 15.4 Å². The van der Waals surface area contributed by atoms with E-state index in [0.29, 0.717) is 25.4 Å². The molecule has 6 nitrogen and oxygen atoms in total. The molecule has 0 aromatic carbocycles. The van der Waals surface area contributed by atoms with Crippen LogP contribution in [-0.2, 0) is 14.6 Å². The average Bonchev–Trinajstić information content (AvgIpc) is 2.74. The third kappa shape index (κ3) is 4.84. The Kier molecular flexibility index (Phi) is 5.37. The molecule has 0 aromatic heterocycles. The summed E-state index contributed by atoms with van der Waals surface area (Å²) in [5, 5.41) is 3.08. The molecule has 22 heavy (non-hydrogen) atoms. The summed E-state index contributed by atoms with van der Waals surface area (Å²) in [7, 11) is -2.91. The summed E-state index contributed by atoms with van der Waals surface area (Å²) in [5.41, 5.74) is -0.491. The third-order valence-electron chi connectivity index (χ3n) is 4.17. The molecule has 2 rings (SSSR count). The number of nitrogens with one attached hydrogen (secondary N) is 1. The summed E-state index contributed by atoms with van der Waals surface area (Å²) in [6, 6.07) is 0.150. The molecule has 1 amide bonds. The van der Waals surface area contributed by atoms with Crippen LogP contribution in [0.1, 0.15) is 46.5 Å². The Hall–Kier alpha value is -0.820. The van der Waals surface area contributed by atoms with Crippen LogP contribution in [0.25, 0.3) is 0 Å². The van der Waals surface area contributed by atoms with Gasteiger partial charge in [0.15, 0.2) is 9.84 Å². The number of rotatable bonds is 3. The highest BCUT2D eigenvalue weighted by Crippen LogP contribution is 2.20. The predicted octanol–water partition coefficient (Wildman–Crippen LogP) is 1.55. The smallest absolute Gasteiger partial charge is 0.410 e. The van der Waals surface area contributed by atoms with Gasteiger partial charge in [-0.15, -0.1) is 0 Å². The zero-order chi connectivity index (χ0) is 16.4. The number of likely N-dealkylation sites (tertiary alicyclic amines) is 1. The summed E-state index contributed by atoms with van der Waals surface area (Å²) in [4.78, 5) is 13.8. The molecule has 0 radical (unpaired) electrons. The van der Waals surface area contributed by atoms with Gasteiger partial charge in [0, 0.05) is 25.7 Å². The highest BCUT2D eigenvalue weighted by atomic mass is 32.2. The van der Waals surface area contributed by atoms with Crippen molar-refractivity contribution in [1.82, 2.24) is 10.2 Å². The van der Waals surface area contributed by atoms with E-state index >= 15 is 0 Å². The molecular weight excluding hydrogens is 304 g/mol. The predicted molar refractivity (Wildman–Crippen MR) is 85.6 cm³/mol. The number of nitrogens with zero attached hydrogens (tertiary/aromatic N) is 1. The molecule has 1 N–H and O–H groups in total. The van der Waals surface area contributed by atoms with Crippen LogP contribution >= 0.6 is 0 Å². The number of carbonyl (C=O) groups is 1. The number of hydrogen-bond acceptors (Lipinski definition) is 5. The Morgan fingerprint density at radius 1 is 1.27 bits per heavy atom. The highest BCUT2D eigenvalue weighted by molar-refractivity contribution is 7.92. The van der Waals surface area contributed by atoms with Crippen molar-refractivity contribution in [3.63, 3.8) is 0 Å². The van der Waals surface area contributed by atoms with E-state index in [4.69, 9.17) is 4.74 Å². The fraction of sp³-hybridized carbons (Fsp3) is 0.933. The van der Waals surface area contributed by atoms with Gasteiger partial charge in [0.2, 0.25) is 0 Å². The molecule has 2 heterocycles. The number of carbonyl (C=O) groups excluding carboxylic acids is 1. The molecule has 2 atom stereocenters. The van der Waals surface area contributed by atoms with Gasteiger partial charge in [0.1, 0.15) is 5.60 Å². The van der Waals surface area contributed by atoms with E-state index in [2.05, 4.69) is 5.32 Å². The van der Waals surface area contributed by atoms with Crippen LogP contribution in [0.2, 0.25) is 0 Å². The lowest BCUT2D eigenvalue weighted by Gasteiger charge is -2.34. The molecule has 0 bridgehead atoms. The minimum absolute atomic E-state index is 0.150. The summed E-state index contributed by atoms with van der Waals surface area (Å²) in [6.45, 7) is 7.35. The second-order valence-corrected chi connectivity index (χ2v) is 9.71. The van der Waals surface area contributed by atoms with Crippen LogP contribution < -0.4 is 5.32 Å². The first-order valence-corrected chi connectivity index (χ1v) is 9.82. The normalized spacial score (nSPS) is 28.6. The maximum Gasteiger partial charge on any atom is 0.410 e. The van der Waals surface area contributed by atoms with Crippen LogP contribution in [0.3, 0.4) is 0 Å². The van der Waals surface area contributed by atoms with Crippen molar-refractivity contribution in [1.29, 1.82) is 0 Å². The first-order chi connectivity index (χ1) is 10.2. The largest absolute Gasteiger partial charge is 0.444 e. The molecule has 0 aliphatic carbocycles. The van der Waals surface area contributed by atoms with Gasteiger partial charge >= 0.3 is 6.09 Å². The van der Waals surface area contributed by atoms with Crippen molar-refractivity contribution in [2.75, 3.05) is 25.4 Å². The minimum Gasteiger partial charge on any atom is -0.444 e. The fourth-order valence-electron chi connectivity index (χ4n) is 3.02. The maximum atomic E-state index is 12.1. The van der Waals surface area contributed by atoms with E-state index in [1.54, 1.807) is 4.90 Å². The van der Waals surface area contributed by atoms with Gasteiger partial charge in [-0.25, -0.2) is 13.2 Å². The fourth-order valence-corrected chi connectivity index (χ4v) is 4.80. The second-order valence-electron chi connectivity index (χ2n) is 7.30. The second kappa shape index (κ2) is 6.74. The zero-order valence-corrected chi connectivity index (χ0v) is 14.6. The number of hydrogen-bond donors (Lipinski definition) is 1. The molecule has 0 saturated carbocycles. The van der Waals surface area contributed by atoms with Crippen molar-refractivity contribution in [2.24, 2.45) is 0 Å². The van der Waals surface area contributed by atoms with E-state index in [1.807, 2.05) is 20.8 Å². The lowest BCUT2D eigenvalue weighted by molar-refractivity contribution is 0.0188. The van der Waals surface area contributed by atoms with Crippen molar-refractivity contribution < 1.29 is 17.9 Å². The van der Waals surface area contributed by atoms with Gasteiger partial charge in [-0.1, -0.05) is 0 Å². The SMILES string of the molecule is CC(C)(C)OC(=O)N1CCCC(NCC2CCCS2(=O)=O)C1. The number of piperidine rings is 1. The molecule has 2 saturated heterocycles. The van der Waals surface area contributed by atoms with E-state index in [1.165, 1.54) is 0 Å². The van der Waals surface area contributed by atoms with Crippen molar-refractivity contribution in [2.45, 2.75) is 63.3 Å². The standard InChI is InChI=1S/C15H28N2O4S/c1-15(2,3)21-14(18)17-8-4-6-12(11-17)16-10-13-7-5-9-22(13,19)20/h12-13,16H,4-11H2,1-3H3. The Morgan fingerprint density at radius 2 is 2.00 bits per heavy atom. The van der Waals surface area contributed by atoms with Crippen molar-refractivity contribution in [3.05, 3.63) is 0 Å². The molecule has 0 spiro atoms. The van der Waals surface area contributed by atoms with Gasteiger partial charge in [0.05, 0.1) is 11.0 Å². The molecule has 2 fully saturated rings. The lowest BCUT2D eigenvalue weighted by Crippen LogP contribution is -2.50. The molecule has 128 valence electrons. The molecule has 2 unspecified atom stereocenters. The quantitative estimate of drug-likeness (QED) is 0.849. The Balaban J connectivity index is 1.82. The van der Waals surface area contributed by atoms with Crippen molar-refractivity contribution >= 4 is 15.9 Å². The Morgan fingerprint density at radius 3 is 2.59 bits per heavy atom. The summed E-state index contributed by atoms with van der Waals surface area (Å²) in [6.07, 6.45) is 3.11. The van der Waals surface area contributed by atoms with Crippen LogP contribution in [0.5, 0.6) is 0 Å². The Labute approximate surface area is 133 Å². The highest BCUT2D eigenvalue weighted by Gasteiger charge is 2.33. The number of amides is 1. The minimum atomic E-state index is -2.91. The van der Waals surface area contributed by atoms with Gasteiger partial charge in [-0.05, 0) is 46.5 Å². The maximum absolute atomic E-state index is 12.1. The van der Waals surface area contributed by atoms with Gasteiger partial charge in [0.25, 0.3) is 0 Å². The van der Waals surface area contributed by atoms with E-state index in [0.717, 1.165) is 25.7 Å². The third-order valence-corrected chi connectivity index (χ3v) is 6.45. The molecule has 2 aliphatic rings. The molecular formula is C15H28N2O4S. The van der Waals surface area contributed by atoms with Gasteiger partial charge < -0.3 is 15.0 Å². The molecule has 0 aromatic rings. The van der Waals surface area contributed by atoms with E-state index in [-0.39, 0.29) is 17.4 Å². The van der Waals surface area contributed by atoms with E-state index in [9.17, 15) is 13.2 Å². The lowest BCUT2D eigenvalue weighted by atomic mass is 10.1. The van der Waals surface area contributed by atoms with Crippen molar-refractivity contribution in [3.8, 4) is 0 Å². The summed E-state index contributed by atoms with van der Waals surface area (Å²) in [5.74, 6) is 0.314. The molecule has 2 aliphatic heterocycles. The number of sulfone groups is 1. The van der Waals surface area contributed by atoms with Gasteiger partial charge in [-0.3, -0.25) is 0 Å². The van der Waals surface area contributed by atoms with Crippen LogP contribution in [-0.4, -0.2) is 61.7 Å². The summed E-state index contributed by atoms with van der Waals surface area (Å²) < 4.78 is 29.1.